The quantitative estimate of drug-likeness (QED) is 0.824. The molecule has 0 aliphatic rings. The number of para-hydroxylation sites is 1. The van der Waals surface area contributed by atoms with Crippen molar-refractivity contribution in [1.82, 2.24) is 0 Å². The molecule has 0 atom stereocenters. The van der Waals surface area contributed by atoms with Crippen molar-refractivity contribution in [2.75, 3.05) is 5.32 Å². The van der Waals surface area contributed by atoms with Crippen molar-refractivity contribution < 1.29 is 4.79 Å². The highest BCUT2D eigenvalue weighted by Gasteiger charge is 2.09. The molecule has 1 aromatic rings. The molecule has 0 heterocycles. The van der Waals surface area contributed by atoms with E-state index in [1.807, 2.05) is 19.1 Å². The summed E-state index contributed by atoms with van der Waals surface area (Å²) in [5, 5.41) is 3.02. The third kappa shape index (κ3) is 3.37. The minimum absolute atomic E-state index is 0.110. The number of amides is 1. The van der Waals surface area contributed by atoms with E-state index in [1.54, 1.807) is 0 Å². The van der Waals surface area contributed by atoms with Crippen molar-refractivity contribution in [3.05, 3.63) is 29.3 Å². The molecule has 1 aromatic carbocycles. The Labute approximate surface area is 98.1 Å². The number of aryl methyl sites for hydroxylation is 2. The molecule has 0 aliphatic heterocycles. The van der Waals surface area contributed by atoms with Crippen molar-refractivity contribution in [3.63, 3.8) is 0 Å². The minimum Gasteiger partial charge on any atom is -0.326 e. The molecule has 88 valence electrons. The Hall–Kier alpha value is -1.31. The third-order valence-corrected chi connectivity index (χ3v) is 2.60. The van der Waals surface area contributed by atoms with Gasteiger partial charge in [-0.1, -0.05) is 39.0 Å². The average Bonchev–Trinajstić information content (AvgIpc) is 2.20. The van der Waals surface area contributed by atoms with Crippen molar-refractivity contribution in [2.24, 2.45) is 5.92 Å². The lowest BCUT2D eigenvalue weighted by Gasteiger charge is -2.13. The molecule has 2 heteroatoms. The predicted molar refractivity (Wildman–Crippen MR) is 68.6 cm³/mol. The summed E-state index contributed by atoms with van der Waals surface area (Å²) in [4.78, 5) is 11.7. The summed E-state index contributed by atoms with van der Waals surface area (Å²) >= 11 is 0. The lowest BCUT2D eigenvalue weighted by Crippen LogP contribution is -2.15. The van der Waals surface area contributed by atoms with Crippen molar-refractivity contribution in [3.8, 4) is 0 Å². The number of carbonyl (C=O) groups excluding carboxylic acids is 1. The topological polar surface area (TPSA) is 29.1 Å². The predicted octanol–water partition coefficient (Wildman–Crippen LogP) is 3.54. The fraction of sp³-hybridized carbons (Fsp3) is 0.500. The molecule has 0 fully saturated rings. The van der Waals surface area contributed by atoms with E-state index in [1.165, 1.54) is 5.56 Å². The second-order valence-corrected chi connectivity index (χ2v) is 4.61. The summed E-state index contributed by atoms with van der Waals surface area (Å²) in [7, 11) is 0. The lowest BCUT2D eigenvalue weighted by atomic mass is 10.0. The van der Waals surface area contributed by atoms with Gasteiger partial charge in [0.25, 0.3) is 0 Å². The number of hydrogen-bond acceptors (Lipinski definition) is 1. The molecule has 1 amide bonds. The highest BCUT2D eigenvalue weighted by atomic mass is 16.1. The number of carbonyl (C=O) groups is 1. The summed E-state index contributed by atoms with van der Waals surface area (Å²) in [6.07, 6.45) is 1.52. The Morgan fingerprint density at radius 2 is 2.06 bits per heavy atom. The number of anilines is 1. The maximum absolute atomic E-state index is 11.7. The monoisotopic (exact) mass is 219 g/mol. The van der Waals surface area contributed by atoms with Gasteiger partial charge in [0.05, 0.1) is 0 Å². The number of rotatable bonds is 4. The maximum Gasteiger partial charge on any atom is 0.224 e. The van der Waals surface area contributed by atoms with Crippen LogP contribution in [0.3, 0.4) is 0 Å². The molecule has 1 N–H and O–H groups in total. The molecule has 0 aliphatic carbocycles. The molecule has 1 rings (SSSR count). The van der Waals surface area contributed by atoms with E-state index in [9.17, 15) is 4.79 Å². The second kappa shape index (κ2) is 5.69. The molecular formula is C14H21NO. The number of hydrogen-bond donors (Lipinski definition) is 1. The Morgan fingerprint density at radius 3 is 2.62 bits per heavy atom. The first kappa shape index (κ1) is 12.8. The van der Waals surface area contributed by atoms with Gasteiger partial charge in [-0.2, -0.15) is 0 Å². The number of nitrogens with one attached hydrogen (secondary N) is 1. The summed E-state index contributed by atoms with van der Waals surface area (Å²) in [5.74, 6) is 0.507. The van der Waals surface area contributed by atoms with Gasteiger partial charge in [-0.25, -0.2) is 0 Å². The minimum atomic E-state index is 0.110. The summed E-state index contributed by atoms with van der Waals surface area (Å²) in [6.45, 7) is 8.24. The maximum atomic E-state index is 11.7. The Morgan fingerprint density at radius 1 is 1.38 bits per heavy atom. The van der Waals surface area contributed by atoms with Gasteiger partial charge >= 0.3 is 0 Å². The molecule has 0 spiro atoms. The highest BCUT2D eigenvalue weighted by molar-refractivity contribution is 5.92. The van der Waals surface area contributed by atoms with Crippen LogP contribution in [-0.2, 0) is 11.2 Å². The van der Waals surface area contributed by atoms with Crippen LogP contribution in [-0.4, -0.2) is 5.91 Å². The normalized spacial score (nSPS) is 10.6. The van der Waals surface area contributed by atoms with E-state index >= 15 is 0 Å². The van der Waals surface area contributed by atoms with Gasteiger partial charge < -0.3 is 5.32 Å². The van der Waals surface area contributed by atoms with Gasteiger partial charge in [-0.15, -0.1) is 0 Å². The van der Waals surface area contributed by atoms with E-state index < -0.39 is 0 Å². The van der Waals surface area contributed by atoms with Crippen LogP contribution in [0.4, 0.5) is 5.69 Å². The van der Waals surface area contributed by atoms with E-state index in [0.29, 0.717) is 12.3 Å². The zero-order valence-electron chi connectivity index (χ0n) is 10.6. The van der Waals surface area contributed by atoms with Crippen LogP contribution in [0.2, 0.25) is 0 Å². The van der Waals surface area contributed by atoms with Crippen LogP contribution in [0.15, 0.2) is 18.2 Å². The molecule has 0 saturated carbocycles. The molecule has 0 aromatic heterocycles. The molecule has 2 nitrogen and oxygen atoms in total. The molecule has 0 bridgehead atoms. The van der Waals surface area contributed by atoms with Crippen LogP contribution in [0, 0.1) is 12.8 Å². The zero-order chi connectivity index (χ0) is 12.1. The smallest absolute Gasteiger partial charge is 0.224 e. The van der Waals surface area contributed by atoms with Gasteiger partial charge in [-0.3, -0.25) is 4.79 Å². The van der Waals surface area contributed by atoms with E-state index in [0.717, 1.165) is 17.7 Å². The summed E-state index contributed by atoms with van der Waals surface area (Å²) < 4.78 is 0. The lowest BCUT2D eigenvalue weighted by molar-refractivity contribution is -0.116. The molecule has 16 heavy (non-hydrogen) atoms. The Balaban J connectivity index is 2.83. The highest BCUT2D eigenvalue weighted by Crippen LogP contribution is 2.21. The van der Waals surface area contributed by atoms with E-state index in [2.05, 4.69) is 32.2 Å². The fourth-order valence-corrected chi connectivity index (χ4v) is 1.76. The molecule has 0 unspecified atom stereocenters. The van der Waals surface area contributed by atoms with Crippen LogP contribution in [0.1, 0.15) is 38.3 Å². The Bertz CT molecular complexity index is 369. The molecular weight excluding hydrogens is 198 g/mol. The largest absolute Gasteiger partial charge is 0.326 e. The zero-order valence-corrected chi connectivity index (χ0v) is 10.6. The van der Waals surface area contributed by atoms with Crippen molar-refractivity contribution in [1.29, 1.82) is 0 Å². The summed E-state index contributed by atoms with van der Waals surface area (Å²) in [5.41, 5.74) is 3.34. The van der Waals surface area contributed by atoms with Crippen molar-refractivity contribution >= 4 is 11.6 Å². The average molecular weight is 219 g/mol. The van der Waals surface area contributed by atoms with Gasteiger partial charge in [0.15, 0.2) is 0 Å². The number of benzene rings is 1. The first-order valence-corrected chi connectivity index (χ1v) is 5.93. The van der Waals surface area contributed by atoms with Crippen LogP contribution < -0.4 is 5.32 Å². The summed E-state index contributed by atoms with van der Waals surface area (Å²) in [6, 6.07) is 6.13. The molecule has 0 saturated heterocycles. The van der Waals surface area contributed by atoms with E-state index in [-0.39, 0.29) is 5.91 Å². The third-order valence-electron chi connectivity index (χ3n) is 2.60. The SMILES string of the molecule is CCc1cccc(C)c1NC(=O)CC(C)C. The van der Waals surface area contributed by atoms with Gasteiger partial charge in [0, 0.05) is 12.1 Å². The standard InChI is InChI=1S/C14H21NO/c1-5-12-8-6-7-11(4)14(12)15-13(16)9-10(2)3/h6-8,10H,5,9H2,1-4H3,(H,15,16). The van der Waals surface area contributed by atoms with Gasteiger partial charge in [-0.05, 0) is 30.4 Å². The van der Waals surface area contributed by atoms with Crippen LogP contribution in [0.5, 0.6) is 0 Å². The van der Waals surface area contributed by atoms with Crippen LogP contribution in [0.25, 0.3) is 0 Å². The van der Waals surface area contributed by atoms with Gasteiger partial charge in [0.2, 0.25) is 5.91 Å². The van der Waals surface area contributed by atoms with E-state index in [4.69, 9.17) is 0 Å². The molecule has 0 radical (unpaired) electrons. The fourth-order valence-electron chi connectivity index (χ4n) is 1.76. The first-order chi connectivity index (χ1) is 7.54. The first-order valence-electron chi connectivity index (χ1n) is 5.93. The Kier molecular flexibility index (Phi) is 4.53. The van der Waals surface area contributed by atoms with Crippen LogP contribution >= 0.6 is 0 Å². The van der Waals surface area contributed by atoms with Gasteiger partial charge in [0.1, 0.15) is 0 Å². The second-order valence-electron chi connectivity index (χ2n) is 4.61. The van der Waals surface area contributed by atoms with Crippen molar-refractivity contribution in [2.45, 2.75) is 40.5 Å².